The quantitative estimate of drug-likeness (QED) is 0.775. The third kappa shape index (κ3) is 1.87. The SMILES string of the molecule is Cn1nc(C(=O)O)c(Br)c1-c1csc2ccccc12. The van der Waals surface area contributed by atoms with Crippen molar-refractivity contribution in [3.05, 3.63) is 39.8 Å². The number of carboxylic acids is 1. The number of hydrogen-bond acceptors (Lipinski definition) is 3. The summed E-state index contributed by atoms with van der Waals surface area (Å²) in [5, 5.41) is 16.3. The van der Waals surface area contributed by atoms with Crippen LogP contribution in [0.2, 0.25) is 0 Å². The van der Waals surface area contributed by atoms with Gasteiger partial charge in [-0.2, -0.15) is 5.10 Å². The first-order chi connectivity index (χ1) is 9.09. The van der Waals surface area contributed by atoms with Gasteiger partial charge in [0, 0.05) is 28.1 Å². The molecule has 0 fully saturated rings. The molecule has 3 aromatic rings. The number of rotatable bonds is 2. The normalized spacial score (nSPS) is 11.1. The highest BCUT2D eigenvalue weighted by Crippen LogP contribution is 2.38. The van der Waals surface area contributed by atoms with E-state index in [2.05, 4.69) is 21.0 Å². The lowest BCUT2D eigenvalue weighted by molar-refractivity contribution is 0.0688. The Morgan fingerprint density at radius 3 is 2.84 bits per heavy atom. The largest absolute Gasteiger partial charge is 0.476 e. The molecule has 2 heterocycles. The third-order valence-electron chi connectivity index (χ3n) is 2.93. The zero-order valence-corrected chi connectivity index (χ0v) is 12.3. The van der Waals surface area contributed by atoms with Crippen LogP contribution in [0.4, 0.5) is 0 Å². The maximum Gasteiger partial charge on any atom is 0.357 e. The molecule has 3 rings (SSSR count). The summed E-state index contributed by atoms with van der Waals surface area (Å²) in [4.78, 5) is 11.1. The van der Waals surface area contributed by atoms with Crippen molar-refractivity contribution in [1.82, 2.24) is 9.78 Å². The Balaban J connectivity index is 2.30. The highest BCUT2D eigenvalue weighted by Gasteiger charge is 2.22. The molecule has 0 saturated carbocycles. The van der Waals surface area contributed by atoms with E-state index in [1.807, 2.05) is 29.6 Å². The Hall–Kier alpha value is -1.66. The van der Waals surface area contributed by atoms with Crippen molar-refractivity contribution in [2.45, 2.75) is 0 Å². The van der Waals surface area contributed by atoms with Crippen molar-refractivity contribution < 1.29 is 9.90 Å². The lowest BCUT2D eigenvalue weighted by Crippen LogP contribution is -1.99. The Labute approximate surface area is 121 Å². The first-order valence-corrected chi connectivity index (χ1v) is 7.19. The fourth-order valence-corrected chi connectivity index (χ4v) is 3.75. The number of aryl methyl sites for hydroxylation is 1. The minimum Gasteiger partial charge on any atom is -0.476 e. The van der Waals surface area contributed by atoms with E-state index in [0.717, 1.165) is 16.6 Å². The molecular weight excluding hydrogens is 328 g/mol. The molecule has 0 aliphatic carbocycles. The van der Waals surface area contributed by atoms with Crippen molar-refractivity contribution in [1.29, 1.82) is 0 Å². The smallest absolute Gasteiger partial charge is 0.357 e. The van der Waals surface area contributed by atoms with E-state index in [1.54, 1.807) is 23.1 Å². The average molecular weight is 337 g/mol. The highest BCUT2D eigenvalue weighted by molar-refractivity contribution is 9.10. The van der Waals surface area contributed by atoms with Gasteiger partial charge in [0.2, 0.25) is 0 Å². The van der Waals surface area contributed by atoms with Crippen molar-refractivity contribution >= 4 is 43.3 Å². The average Bonchev–Trinajstić information content (AvgIpc) is 2.91. The number of aromatic carboxylic acids is 1. The molecule has 0 saturated heterocycles. The molecule has 0 aliphatic rings. The number of hydrogen-bond donors (Lipinski definition) is 1. The summed E-state index contributed by atoms with van der Waals surface area (Å²) in [6.45, 7) is 0. The van der Waals surface area contributed by atoms with Crippen LogP contribution in [-0.2, 0) is 7.05 Å². The van der Waals surface area contributed by atoms with Gasteiger partial charge in [0.1, 0.15) is 0 Å². The molecule has 0 aliphatic heterocycles. The molecule has 2 aromatic heterocycles. The maximum atomic E-state index is 11.1. The molecule has 1 N–H and O–H groups in total. The topological polar surface area (TPSA) is 55.1 Å². The second-order valence-electron chi connectivity index (χ2n) is 4.09. The molecule has 0 bridgehead atoms. The molecule has 0 unspecified atom stereocenters. The monoisotopic (exact) mass is 336 g/mol. The minimum atomic E-state index is -1.03. The molecule has 6 heteroatoms. The Morgan fingerprint density at radius 1 is 1.42 bits per heavy atom. The number of carbonyl (C=O) groups is 1. The second kappa shape index (κ2) is 4.47. The van der Waals surface area contributed by atoms with E-state index in [9.17, 15) is 4.79 Å². The Bertz CT molecular complexity index is 791. The summed E-state index contributed by atoms with van der Waals surface area (Å²) >= 11 is 4.98. The van der Waals surface area contributed by atoms with Crippen LogP contribution in [0.5, 0.6) is 0 Å². The molecule has 4 nitrogen and oxygen atoms in total. The van der Waals surface area contributed by atoms with Crippen molar-refractivity contribution in [3.8, 4) is 11.3 Å². The van der Waals surface area contributed by atoms with Crippen LogP contribution in [0.15, 0.2) is 34.1 Å². The van der Waals surface area contributed by atoms with Gasteiger partial charge >= 0.3 is 5.97 Å². The molecule has 0 atom stereocenters. The van der Waals surface area contributed by atoms with E-state index in [4.69, 9.17) is 5.11 Å². The van der Waals surface area contributed by atoms with Crippen molar-refractivity contribution in [3.63, 3.8) is 0 Å². The number of fused-ring (bicyclic) bond motifs is 1. The van der Waals surface area contributed by atoms with Crippen LogP contribution in [-0.4, -0.2) is 20.9 Å². The first-order valence-electron chi connectivity index (χ1n) is 5.52. The summed E-state index contributed by atoms with van der Waals surface area (Å²) < 4.78 is 3.29. The Kier molecular flexibility index (Phi) is 2.91. The van der Waals surface area contributed by atoms with Crippen molar-refractivity contribution in [2.24, 2.45) is 7.05 Å². The maximum absolute atomic E-state index is 11.1. The van der Waals surface area contributed by atoms with Gasteiger partial charge in [-0.3, -0.25) is 4.68 Å². The van der Waals surface area contributed by atoms with E-state index < -0.39 is 5.97 Å². The van der Waals surface area contributed by atoms with Gasteiger partial charge in [-0.15, -0.1) is 11.3 Å². The second-order valence-corrected chi connectivity index (χ2v) is 5.79. The molecule has 0 amide bonds. The van der Waals surface area contributed by atoms with E-state index in [-0.39, 0.29) is 5.69 Å². The van der Waals surface area contributed by atoms with Crippen LogP contribution in [0.1, 0.15) is 10.5 Å². The van der Waals surface area contributed by atoms with Crippen molar-refractivity contribution in [2.75, 3.05) is 0 Å². The molecule has 19 heavy (non-hydrogen) atoms. The van der Waals surface area contributed by atoms with Crippen LogP contribution in [0.25, 0.3) is 21.3 Å². The van der Waals surface area contributed by atoms with Crippen LogP contribution in [0.3, 0.4) is 0 Å². The molecule has 0 spiro atoms. The lowest BCUT2D eigenvalue weighted by Gasteiger charge is -2.01. The number of thiophene rings is 1. The zero-order valence-electron chi connectivity index (χ0n) is 9.92. The summed E-state index contributed by atoms with van der Waals surface area (Å²) in [5.74, 6) is -1.03. The van der Waals surface area contributed by atoms with E-state index in [1.165, 1.54) is 4.70 Å². The molecule has 1 aromatic carbocycles. The standard InChI is InChI=1S/C13H9BrN2O2S/c1-16-12(10(14)11(15-16)13(17)18)8-6-19-9-5-3-2-4-7(8)9/h2-6H,1H3,(H,17,18). The fourth-order valence-electron chi connectivity index (χ4n) is 2.09. The zero-order chi connectivity index (χ0) is 13.6. The van der Waals surface area contributed by atoms with Crippen LogP contribution < -0.4 is 0 Å². The first kappa shape index (κ1) is 12.4. The number of benzene rings is 1. The highest BCUT2D eigenvalue weighted by atomic mass is 79.9. The molecule has 96 valence electrons. The number of aromatic nitrogens is 2. The van der Waals surface area contributed by atoms with Gasteiger partial charge in [0.25, 0.3) is 0 Å². The number of halogens is 1. The summed E-state index contributed by atoms with van der Waals surface area (Å²) in [5.41, 5.74) is 1.82. The molecule has 0 radical (unpaired) electrons. The summed E-state index contributed by atoms with van der Waals surface area (Å²) in [7, 11) is 1.75. The lowest BCUT2D eigenvalue weighted by atomic mass is 10.1. The summed E-state index contributed by atoms with van der Waals surface area (Å²) in [6.07, 6.45) is 0. The number of carboxylic acid groups (broad SMARTS) is 1. The van der Waals surface area contributed by atoms with Gasteiger partial charge in [0.05, 0.1) is 10.2 Å². The van der Waals surface area contributed by atoms with Crippen LogP contribution in [0, 0.1) is 0 Å². The van der Waals surface area contributed by atoms with E-state index in [0.29, 0.717) is 4.47 Å². The van der Waals surface area contributed by atoms with Gasteiger partial charge in [-0.25, -0.2) is 4.79 Å². The minimum absolute atomic E-state index is 0.0350. The van der Waals surface area contributed by atoms with E-state index >= 15 is 0 Å². The van der Waals surface area contributed by atoms with Gasteiger partial charge in [-0.05, 0) is 22.0 Å². The number of nitrogens with zero attached hydrogens (tertiary/aromatic N) is 2. The van der Waals surface area contributed by atoms with Gasteiger partial charge in [0.15, 0.2) is 5.69 Å². The fraction of sp³-hybridized carbons (Fsp3) is 0.0769. The molecular formula is C13H9BrN2O2S. The summed E-state index contributed by atoms with van der Waals surface area (Å²) in [6, 6.07) is 8.04. The van der Waals surface area contributed by atoms with Crippen LogP contribution >= 0.6 is 27.3 Å². The third-order valence-corrected chi connectivity index (χ3v) is 4.64. The van der Waals surface area contributed by atoms with Gasteiger partial charge < -0.3 is 5.11 Å². The van der Waals surface area contributed by atoms with Gasteiger partial charge in [-0.1, -0.05) is 18.2 Å². The Morgan fingerprint density at radius 2 is 2.16 bits per heavy atom. The predicted octanol–water partition coefficient (Wildman–Crippen LogP) is 3.76. The predicted molar refractivity (Wildman–Crippen MR) is 78.7 cm³/mol.